The number of thiazole rings is 1. The van der Waals surface area contributed by atoms with E-state index in [0.717, 1.165) is 16.6 Å². The average molecular weight is 212 g/mol. The molecule has 2 atom stereocenters. The highest BCUT2D eigenvalue weighted by Crippen LogP contribution is 2.30. The Labute approximate surface area is 88.3 Å². The molecule has 0 aliphatic heterocycles. The number of aromatic nitrogens is 1. The van der Waals surface area contributed by atoms with Crippen LogP contribution in [0.15, 0.2) is 6.20 Å². The molecule has 2 rings (SSSR count). The summed E-state index contributed by atoms with van der Waals surface area (Å²) in [6.45, 7) is 2.25. The van der Waals surface area contributed by atoms with Crippen LogP contribution in [0.3, 0.4) is 0 Å². The van der Waals surface area contributed by atoms with Gasteiger partial charge in [0.2, 0.25) is 0 Å². The molecule has 0 radical (unpaired) electrons. The maximum absolute atomic E-state index is 5.82. The van der Waals surface area contributed by atoms with Gasteiger partial charge < -0.3 is 10.5 Å². The third-order valence-corrected chi connectivity index (χ3v) is 3.50. The molecule has 14 heavy (non-hydrogen) atoms. The van der Waals surface area contributed by atoms with E-state index in [2.05, 4.69) is 11.9 Å². The molecule has 0 aromatic carbocycles. The maximum Gasteiger partial charge on any atom is 0.275 e. The average Bonchev–Trinajstić information content (AvgIpc) is 2.56. The van der Waals surface area contributed by atoms with Crippen LogP contribution in [0.25, 0.3) is 0 Å². The molecule has 0 bridgehead atoms. The zero-order valence-corrected chi connectivity index (χ0v) is 9.22. The molecule has 0 spiro atoms. The first-order chi connectivity index (χ1) is 6.75. The van der Waals surface area contributed by atoms with Crippen molar-refractivity contribution in [3.63, 3.8) is 0 Å². The van der Waals surface area contributed by atoms with Gasteiger partial charge in [-0.15, -0.1) is 0 Å². The van der Waals surface area contributed by atoms with E-state index < -0.39 is 0 Å². The van der Waals surface area contributed by atoms with Crippen molar-refractivity contribution in [2.45, 2.75) is 38.7 Å². The van der Waals surface area contributed by atoms with Gasteiger partial charge in [-0.25, -0.2) is 4.98 Å². The summed E-state index contributed by atoms with van der Waals surface area (Å²) in [5.41, 5.74) is 5.59. The van der Waals surface area contributed by atoms with Gasteiger partial charge in [0.15, 0.2) is 0 Å². The Morgan fingerprint density at radius 2 is 2.29 bits per heavy atom. The van der Waals surface area contributed by atoms with E-state index in [-0.39, 0.29) is 0 Å². The lowest BCUT2D eigenvalue weighted by Crippen LogP contribution is -2.28. The molecule has 1 aromatic rings. The number of ether oxygens (including phenoxy) is 1. The molecular weight excluding hydrogens is 196 g/mol. The van der Waals surface area contributed by atoms with Crippen LogP contribution in [-0.4, -0.2) is 11.1 Å². The van der Waals surface area contributed by atoms with Gasteiger partial charge in [0, 0.05) is 0 Å². The van der Waals surface area contributed by atoms with Crippen LogP contribution < -0.4 is 10.5 Å². The summed E-state index contributed by atoms with van der Waals surface area (Å²) in [4.78, 5) is 4.12. The van der Waals surface area contributed by atoms with Crippen molar-refractivity contribution in [1.29, 1.82) is 0 Å². The van der Waals surface area contributed by atoms with E-state index in [1.165, 1.54) is 30.6 Å². The number of nitrogens with two attached hydrogens (primary N) is 1. The molecule has 2 unspecified atom stereocenters. The zero-order valence-electron chi connectivity index (χ0n) is 8.40. The Kier molecular flexibility index (Phi) is 2.91. The Bertz CT molecular complexity index is 300. The molecule has 1 aliphatic carbocycles. The number of hydrogen-bond acceptors (Lipinski definition) is 4. The minimum atomic E-state index is 0.342. The second-order valence-electron chi connectivity index (χ2n) is 3.95. The monoisotopic (exact) mass is 212 g/mol. The summed E-state index contributed by atoms with van der Waals surface area (Å²) < 4.78 is 5.82. The van der Waals surface area contributed by atoms with Gasteiger partial charge in [0.05, 0.1) is 6.20 Å². The highest BCUT2D eigenvalue weighted by molar-refractivity contribution is 7.17. The lowest BCUT2D eigenvalue weighted by molar-refractivity contribution is 0.102. The topological polar surface area (TPSA) is 48.1 Å². The number of nitrogens with zero attached hydrogens (tertiary/aromatic N) is 1. The number of hydrogen-bond donors (Lipinski definition) is 1. The van der Waals surface area contributed by atoms with Crippen LogP contribution in [0.4, 0.5) is 5.00 Å². The summed E-state index contributed by atoms with van der Waals surface area (Å²) in [6.07, 6.45) is 7.03. The van der Waals surface area contributed by atoms with Crippen molar-refractivity contribution in [3.8, 4) is 5.19 Å². The molecule has 1 aromatic heterocycles. The minimum absolute atomic E-state index is 0.342. The van der Waals surface area contributed by atoms with E-state index >= 15 is 0 Å². The summed E-state index contributed by atoms with van der Waals surface area (Å²) in [5.74, 6) is 0.647. The second kappa shape index (κ2) is 4.17. The summed E-state index contributed by atoms with van der Waals surface area (Å²) in [5, 5.41) is 1.45. The van der Waals surface area contributed by atoms with Crippen molar-refractivity contribution in [2.24, 2.45) is 5.92 Å². The van der Waals surface area contributed by atoms with E-state index in [9.17, 15) is 0 Å². The SMILES string of the molecule is CC1CCCCC1Oc1ncc(N)s1. The Morgan fingerprint density at radius 3 is 2.93 bits per heavy atom. The van der Waals surface area contributed by atoms with E-state index in [4.69, 9.17) is 10.5 Å². The van der Waals surface area contributed by atoms with Crippen LogP contribution in [0.5, 0.6) is 5.19 Å². The molecule has 1 aliphatic rings. The van der Waals surface area contributed by atoms with Crippen molar-refractivity contribution >= 4 is 16.3 Å². The predicted octanol–water partition coefficient (Wildman–Crippen LogP) is 2.68. The molecule has 4 heteroatoms. The van der Waals surface area contributed by atoms with Crippen molar-refractivity contribution < 1.29 is 4.74 Å². The lowest BCUT2D eigenvalue weighted by Gasteiger charge is -2.27. The third-order valence-electron chi connectivity index (χ3n) is 2.79. The quantitative estimate of drug-likeness (QED) is 0.820. The van der Waals surface area contributed by atoms with E-state index in [1.54, 1.807) is 6.20 Å². The van der Waals surface area contributed by atoms with Gasteiger partial charge in [-0.05, 0) is 25.2 Å². The summed E-state index contributed by atoms with van der Waals surface area (Å²) in [7, 11) is 0. The Balaban J connectivity index is 1.95. The van der Waals surface area contributed by atoms with Gasteiger partial charge in [-0.2, -0.15) is 0 Å². The number of nitrogen functional groups attached to an aromatic ring is 1. The maximum atomic E-state index is 5.82. The normalized spacial score (nSPS) is 27.5. The molecular formula is C10H16N2OS. The molecule has 2 N–H and O–H groups in total. The van der Waals surface area contributed by atoms with Gasteiger partial charge in [-0.1, -0.05) is 24.7 Å². The first kappa shape index (κ1) is 9.77. The van der Waals surface area contributed by atoms with Gasteiger partial charge in [0.25, 0.3) is 5.19 Å². The second-order valence-corrected chi connectivity index (χ2v) is 4.97. The van der Waals surface area contributed by atoms with Gasteiger partial charge >= 0.3 is 0 Å². The molecule has 78 valence electrons. The first-order valence-corrected chi connectivity index (χ1v) is 5.95. The van der Waals surface area contributed by atoms with Gasteiger partial charge in [-0.3, -0.25) is 0 Å². The van der Waals surface area contributed by atoms with Crippen LogP contribution in [0.1, 0.15) is 32.6 Å². The predicted molar refractivity (Wildman–Crippen MR) is 58.6 cm³/mol. The summed E-state index contributed by atoms with van der Waals surface area (Å²) in [6, 6.07) is 0. The highest BCUT2D eigenvalue weighted by Gasteiger charge is 2.23. The van der Waals surface area contributed by atoms with Crippen molar-refractivity contribution in [3.05, 3.63) is 6.20 Å². The molecule has 1 heterocycles. The lowest BCUT2D eigenvalue weighted by atomic mass is 9.88. The zero-order chi connectivity index (χ0) is 9.97. The van der Waals surface area contributed by atoms with Gasteiger partial charge in [0.1, 0.15) is 11.1 Å². The fourth-order valence-corrected chi connectivity index (χ4v) is 2.50. The largest absolute Gasteiger partial charge is 0.466 e. The highest BCUT2D eigenvalue weighted by atomic mass is 32.1. The molecule has 1 saturated carbocycles. The molecule has 3 nitrogen and oxygen atoms in total. The van der Waals surface area contributed by atoms with Crippen LogP contribution in [0.2, 0.25) is 0 Å². The Hall–Kier alpha value is -0.770. The van der Waals surface area contributed by atoms with Crippen LogP contribution in [-0.2, 0) is 0 Å². The third kappa shape index (κ3) is 2.18. The number of anilines is 1. The Morgan fingerprint density at radius 1 is 1.50 bits per heavy atom. The van der Waals surface area contributed by atoms with Crippen molar-refractivity contribution in [2.75, 3.05) is 5.73 Å². The van der Waals surface area contributed by atoms with Crippen LogP contribution >= 0.6 is 11.3 Å². The molecule has 0 saturated heterocycles. The fourth-order valence-electron chi connectivity index (χ4n) is 1.91. The van der Waals surface area contributed by atoms with E-state index in [1.807, 2.05) is 0 Å². The number of rotatable bonds is 2. The molecule has 0 amide bonds. The fraction of sp³-hybridized carbons (Fsp3) is 0.700. The van der Waals surface area contributed by atoms with E-state index in [0.29, 0.717) is 12.0 Å². The summed E-state index contributed by atoms with van der Waals surface area (Å²) >= 11 is 1.43. The van der Waals surface area contributed by atoms with Crippen molar-refractivity contribution in [1.82, 2.24) is 4.98 Å². The van der Waals surface area contributed by atoms with Crippen LogP contribution in [0, 0.1) is 5.92 Å². The smallest absolute Gasteiger partial charge is 0.275 e. The standard InChI is InChI=1S/C10H16N2OS/c1-7-4-2-3-5-8(7)13-10-12-6-9(11)14-10/h6-8H,2-5,11H2,1H3. The first-order valence-electron chi connectivity index (χ1n) is 5.13. The molecule has 1 fully saturated rings. The minimum Gasteiger partial charge on any atom is -0.466 e.